The summed E-state index contributed by atoms with van der Waals surface area (Å²) in [5, 5.41) is 0.805. The zero-order chi connectivity index (χ0) is 18.0. The number of ether oxygens (including phenoxy) is 2. The van der Waals surface area contributed by atoms with Gasteiger partial charge in [-0.25, -0.2) is 4.98 Å². The second kappa shape index (κ2) is 7.14. The van der Waals surface area contributed by atoms with Crippen LogP contribution in [-0.4, -0.2) is 28.0 Å². The van der Waals surface area contributed by atoms with Crippen LogP contribution in [0.15, 0.2) is 29.6 Å². The van der Waals surface area contributed by atoms with Crippen molar-refractivity contribution in [3.8, 4) is 11.5 Å². The Labute approximate surface area is 150 Å². The van der Waals surface area contributed by atoms with Gasteiger partial charge in [0.2, 0.25) is 0 Å². The van der Waals surface area contributed by atoms with Crippen molar-refractivity contribution in [3.63, 3.8) is 0 Å². The molecule has 0 aliphatic carbocycles. The molecular formula is C18H19N3O3S. The minimum atomic E-state index is -0.331. The number of nitrogens with zero attached hydrogens (tertiary/aromatic N) is 2. The van der Waals surface area contributed by atoms with E-state index in [9.17, 15) is 4.79 Å². The molecule has 0 bridgehead atoms. The molecule has 0 aliphatic rings. The van der Waals surface area contributed by atoms with E-state index in [1.54, 1.807) is 25.1 Å². The van der Waals surface area contributed by atoms with E-state index in [2.05, 4.69) is 15.0 Å². The normalized spacial score (nSPS) is 10.9. The van der Waals surface area contributed by atoms with Crippen molar-refractivity contribution < 1.29 is 14.3 Å². The first kappa shape index (κ1) is 17.3. The molecule has 2 heterocycles. The number of thioether (sulfide) groups is 1. The van der Waals surface area contributed by atoms with E-state index in [1.165, 1.54) is 6.92 Å². The Morgan fingerprint density at radius 3 is 2.84 bits per heavy atom. The predicted molar refractivity (Wildman–Crippen MR) is 97.2 cm³/mol. The zero-order valence-corrected chi connectivity index (χ0v) is 15.4. The number of imidazole rings is 1. The van der Waals surface area contributed by atoms with Crippen molar-refractivity contribution in [2.45, 2.75) is 31.7 Å². The number of fused-ring (bicyclic) bond motifs is 1. The zero-order valence-electron chi connectivity index (χ0n) is 14.5. The van der Waals surface area contributed by atoms with Gasteiger partial charge in [-0.3, -0.25) is 9.78 Å². The van der Waals surface area contributed by atoms with E-state index < -0.39 is 0 Å². The van der Waals surface area contributed by atoms with Gasteiger partial charge in [-0.05, 0) is 26.0 Å². The highest BCUT2D eigenvalue weighted by Crippen LogP contribution is 2.30. The van der Waals surface area contributed by atoms with E-state index in [4.69, 9.17) is 9.47 Å². The standard InChI is InChI=1S/C18H19N3O3S/c1-10-8-19-16(11(2)17(10)24-12(3)22)9-25-18-20-14-6-5-13(23-4)7-15(14)21-18/h5-8H,9H2,1-4H3,(H,20,21). The molecule has 0 atom stereocenters. The van der Waals surface area contributed by atoms with Gasteiger partial charge >= 0.3 is 5.97 Å². The summed E-state index contributed by atoms with van der Waals surface area (Å²) in [6.45, 7) is 5.19. The van der Waals surface area contributed by atoms with Gasteiger partial charge in [0, 0.05) is 36.1 Å². The van der Waals surface area contributed by atoms with Crippen molar-refractivity contribution in [3.05, 3.63) is 41.2 Å². The molecule has 3 rings (SSSR count). The molecule has 130 valence electrons. The Kier molecular flexibility index (Phi) is 4.94. The van der Waals surface area contributed by atoms with Crippen LogP contribution in [0.1, 0.15) is 23.7 Å². The third-order valence-electron chi connectivity index (χ3n) is 3.80. The van der Waals surface area contributed by atoms with E-state index in [0.717, 1.165) is 38.8 Å². The Hall–Kier alpha value is -2.54. The highest BCUT2D eigenvalue weighted by molar-refractivity contribution is 7.98. The quantitative estimate of drug-likeness (QED) is 0.553. The lowest BCUT2D eigenvalue weighted by Crippen LogP contribution is -2.07. The molecule has 6 nitrogen and oxygen atoms in total. The summed E-state index contributed by atoms with van der Waals surface area (Å²) in [7, 11) is 1.64. The number of esters is 1. The number of H-pyrrole nitrogens is 1. The number of benzene rings is 1. The van der Waals surface area contributed by atoms with Gasteiger partial charge < -0.3 is 14.5 Å². The topological polar surface area (TPSA) is 77.1 Å². The van der Waals surface area contributed by atoms with Crippen LogP contribution >= 0.6 is 11.8 Å². The van der Waals surface area contributed by atoms with Gasteiger partial charge in [0.1, 0.15) is 11.5 Å². The van der Waals surface area contributed by atoms with Gasteiger partial charge in [0.05, 0.1) is 23.8 Å². The van der Waals surface area contributed by atoms with Crippen LogP contribution in [0.2, 0.25) is 0 Å². The summed E-state index contributed by atoms with van der Waals surface area (Å²) in [6.07, 6.45) is 1.73. The van der Waals surface area contributed by atoms with Crippen molar-refractivity contribution in [1.82, 2.24) is 15.0 Å². The van der Waals surface area contributed by atoms with E-state index in [1.807, 2.05) is 32.0 Å². The molecular weight excluding hydrogens is 338 g/mol. The minimum absolute atomic E-state index is 0.331. The number of carbonyl (C=O) groups is 1. The SMILES string of the molecule is COc1ccc2nc(SCc3ncc(C)c(OC(C)=O)c3C)[nH]c2c1. The van der Waals surface area contributed by atoms with Crippen LogP contribution in [-0.2, 0) is 10.5 Å². The van der Waals surface area contributed by atoms with Crippen molar-refractivity contribution in [1.29, 1.82) is 0 Å². The fourth-order valence-electron chi connectivity index (χ4n) is 2.50. The number of aromatic nitrogens is 3. The molecule has 0 amide bonds. The molecule has 25 heavy (non-hydrogen) atoms. The Morgan fingerprint density at radius 2 is 2.12 bits per heavy atom. The van der Waals surface area contributed by atoms with Gasteiger partial charge in [0.15, 0.2) is 5.16 Å². The number of carbonyl (C=O) groups excluding carboxylic acids is 1. The number of pyridine rings is 1. The molecule has 0 unspecified atom stereocenters. The second-order valence-electron chi connectivity index (χ2n) is 5.65. The maximum absolute atomic E-state index is 11.3. The summed E-state index contributed by atoms with van der Waals surface area (Å²) in [6, 6.07) is 5.72. The summed E-state index contributed by atoms with van der Waals surface area (Å²) < 4.78 is 10.5. The fourth-order valence-corrected chi connectivity index (χ4v) is 3.41. The van der Waals surface area contributed by atoms with Crippen molar-refractivity contribution in [2.75, 3.05) is 7.11 Å². The monoisotopic (exact) mass is 357 g/mol. The van der Waals surface area contributed by atoms with Crippen LogP contribution < -0.4 is 9.47 Å². The number of aromatic amines is 1. The highest BCUT2D eigenvalue weighted by Gasteiger charge is 2.13. The van der Waals surface area contributed by atoms with Crippen molar-refractivity contribution >= 4 is 28.8 Å². The largest absolute Gasteiger partial charge is 0.497 e. The average Bonchev–Trinajstić information content (AvgIpc) is 2.99. The third-order valence-corrected chi connectivity index (χ3v) is 4.69. The van der Waals surface area contributed by atoms with Gasteiger partial charge in [0.25, 0.3) is 0 Å². The Bertz CT molecular complexity index is 937. The minimum Gasteiger partial charge on any atom is -0.497 e. The lowest BCUT2D eigenvalue weighted by atomic mass is 10.1. The van der Waals surface area contributed by atoms with Crippen molar-refractivity contribution in [2.24, 2.45) is 0 Å². The molecule has 1 aromatic carbocycles. The second-order valence-corrected chi connectivity index (χ2v) is 6.61. The van der Waals surface area contributed by atoms with Gasteiger partial charge in [-0.2, -0.15) is 0 Å². The molecule has 1 N–H and O–H groups in total. The molecule has 2 aromatic heterocycles. The molecule has 0 spiro atoms. The number of hydrogen-bond donors (Lipinski definition) is 1. The average molecular weight is 357 g/mol. The first-order valence-corrected chi connectivity index (χ1v) is 8.76. The molecule has 0 aliphatic heterocycles. The number of hydrogen-bond acceptors (Lipinski definition) is 6. The fraction of sp³-hybridized carbons (Fsp3) is 0.278. The van der Waals surface area contributed by atoms with Crippen LogP contribution in [0.3, 0.4) is 0 Å². The Balaban J connectivity index is 1.80. The smallest absolute Gasteiger partial charge is 0.308 e. The number of nitrogens with one attached hydrogen (secondary N) is 1. The maximum Gasteiger partial charge on any atom is 0.308 e. The van der Waals surface area contributed by atoms with Gasteiger partial charge in [-0.15, -0.1) is 0 Å². The number of methoxy groups -OCH3 is 1. The van der Waals surface area contributed by atoms with Crippen LogP contribution in [0, 0.1) is 13.8 Å². The lowest BCUT2D eigenvalue weighted by Gasteiger charge is -2.12. The van der Waals surface area contributed by atoms with Crippen LogP contribution in [0.4, 0.5) is 0 Å². The summed E-state index contributed by atoms with van der Waals surface area (Å²) in [5.74, 6) is 1.67. The molecule has 0 fully saturated rings. The highest BCUT2D eigenvalue weighted by atomic mass is 32.2. The van der Waals surface area contributed by atoms with Gasteiger partial charge in [-0.1, -0.05) is 11.8 Å². The Morgan fingerprint density at radius 1 is 1.32 bits per heavy atom. The first-order valence-electron chi connectivity index (χ1n) is 7.78. The molecule has 7 heteroatoms. The van der Waals surface area contributed by atoms with Crippen LogP contribution in [0.5, 0.6) is 11.5 Å². The molecule has 0 saturated carbocycles. The molecule has 3 aromatic rings. The maximum atomic E-state index is 11.3. The third kappa shape index (κ3) is 3.76. The van der Waals surface area contributed by atoms with Crippen LogP contribution in [0.25, 0.3) is 11.0 Å². The number of aryl methyl sites for hydroxylation is 1. The van der Waals surface area contributed by atoms with E-state index in [0.29, 0.717) is 11.5 Å². The summed E-state index contributed by atoms with van der Waals surface area (Å²) in [4.78, 5) is 23.6. The van der Waals surface area contributed by atoms with E-state index >= 15 is 0 Å². The lowest BCUT2D eigenvalue weighted by molar-refractivity contribution is -0.131. The predicted octanol–water partition coefficient (Wildman–Crippen LogP) is 3.80. The first-order chi connectivity index (χ1) is 12.0. The molecule has 0 saturated heterocycles. The summed E-state index contributed by atoms with van der Waals surface area (Å²) in [5.41, 5.74) is 4.40. The number of rotatable bonds is 5. The van der Waals surface area contributed by atoms with E-state index in [-0.39, 0.29) is 5.97 Å². The molecule has 0 radical (unpaired) electrons. The summed E-state index contributed by atoms with van der Waals surface area (Å²) >= 11 is 1.55.